The van der Waals surface area contributed by atoms with Crippen molar-refractivity contribution in [1.82, 2.24) is 20.0 Å². The summed E-state index contributed by atoms with van der Waals surface area (Å²) in [5.74, 6) is 0.275. The van der Waals surface area contributed by atoms with E-state index in [1.165, 1.54) is 11.1 Å². The molecule has 2 heterocycles. The van der Waals surface area contributed by atoms with Crippen molar-refractivity contribution in [3.05, 3.63) is 53.9 Å². The third kappa shape index (κ3) is 4.23. The van der Waals surface area contributed by atoms with Gasteiger partial charge in [-0.1, -0.05) is 37.3 Å². The number of hydrogen-bond donors (Lipinski definition) is 1. The number of carbonyl (C=O) groups excluding carboxylic acids is 1. The van der Waals surface area contributed by atoms with E-state index in [9.17, 15) is 4.79 Å². The maximum absolute atomic E-state index is 12.7. The first-order chi connectivity index (χ1) is 11.8. The number of amides is 1. The van der Waals surface area contributed by atoms with E-state index in [2.05, 4.69) is 39.1 Å². The number of aromatic nitrogens is 2. The molecule has 128 valence electrons. The zero-order valence-corrected chi connectivity index (χ0v) is 14.3. The molecule has 1 atom stereocenters. The topological polar surface area (TPSA) is 52.2 Å². The Kier molecular flexibility index (Phi) is 5.64. The lowest BCUT2D eigenvalue weighted by Gasteiger charge is -2.31. The Morgan fingerprint density at radius 2 is 2.08 bits per heavy atom. The minimum Gasteiger partial charge on any atom is -0.334 e. The Hall–Kier alpha value is -2.14. The van der Waals surface area contributed by atoms with Gasteiger partial charge in [-0.25, -0.2) is 0 Å². The highest BCUT2D eigenvalue weighted by Crippen LogP contribution is 2.18. The third-order valence-corrected chi connectivity index (χ3v) is 4.81. The predicted octanol–water partition coefficient (Wildman–Crippen LogP) is 2.47. The fourth-order valence-electron chi connectivity index (χ4n) is 3.34. The van der Waals surface area contributed by atoms with Crippen LogP contribution in [-0.2, 0) is 17.8 Å². The van der Waals surface area contributed by atoms with Crippen LogP contribution in [0.2, 0.25) is 0 Å². The molecule has 0 saturated carbocycles. The van der Waals surface area contributed by atoms with Crippen LogP contribution in [0.1, 0.15) is 30.9 Å². The number of hydrogen-bond acceptors (Lipinski definition) is 3. The van der Waals surface area contributed by atoms with E-state index in [1.54, 1.807) is 0 Å². The Bertz CT molecular complexity index is 626. The first-order valence-electron chi connectivity index (χ1n) is 8.79. The van der Waals surface area contributed by atoms with Gasteiger partial charge in [0.2, 0.25) is 5.91 Å². The van der Waals surface area contributed by atoms with Crippen LogP contribution in [0.25, 0.3) is 0 Å². The van der Waals surface area contributed by atoms with Crippen LogP contribution in [0, 0.1) is 0 Å². The highest BCUT2D eigenvalue weighted by atomic mass is 16.2. The molecule has 0 unspecified atom stereocenters. The van der Waals surface area contributed by atoms with Gasteiger partial charge in [0.1, 0.15) is 0 Å². The van der Waals surface area contributed by atoms with Crippen molar-refractivity contribution < 1.29 is 4.79 Å². The fourth-order valence-corrected chi connectivity index (χ4v) is 3.34. The molecular formula is C19H26N4O. The van der Waals surface area contributed by atoms with Crippen LogP contribution in [0.4, 0.5) is 0 Å². The van der Waals surface area contributed by atoms with Crippen LogP contribution in [0.15, 0.2) is 42.7 Å². The van der Waals surface area contributed by atoms with Crippen molar-refractivity contribution in [2.75, 3.05) is 19.6 Å². The molecule has 1 saturated heterocycles. The van der Waals surface area contributed by atoms with Crippen LogP contribution in [0.5, 0.6) is 0 Å². The second-order valence-electron chi connectivity index (χ2n) is 6.48. The first kappa shape index (κ1) is 16.7. The van der Waals surface area contributed by atoms with Crippen molar-refractivity contribution in [2.45, 2.75) is 38.8 Å². The predicted molar refractivity (Wildman–Crippen MR) is 94.4 cm³/mol. The first-order valence-corrected chi connectivity index (χ1v) is 8.79. The summed E-state index contributed by atoms with van der Waals surface area (Å²) in [4.78, 5) is 17.1. The molecular weight excluding hydrogens is 300 g/mol. The number of benzene rings is 1. The van der Waals surface area contributed by atoms with Gasteiger partial charge in [-0.2, -0.15) is 5.10 Å². The van der Waals surface area contributed by atoms with Gasteiger partial charge < -0.3 is 9.80 Å². The summed E-state index contributed by atoms with van der Waals surface area (Å²) >= 11 is 0. The molecule has 0 bridgehead atoms. The largest absolute Gasteiger partial charge is 0.334 e. The molecule has 0 radical (unpaired) electrons. The Morgan fingerprint density at radius 3 is 2.79 bits per heavy atom. The molecule has 0 aliphatic carbocycles. The molecule has 1 N–H and O–H groups in total. The number of rotatable bonds is 6. The second kappa shape index (κ2) is 8.11. The Balaban J connectivity index is 1.64. The standard InChI is InChI=1S/C19H26N4O/c1-2-18-15-22(10-8-17-12-20-21-13-17)11-9-19(24)23(18)14-16-6-4-3-5-7-16/h3-7,12-13,18H,2,8-11,14-15H2,1H3,(H,20,21)/t18-/m1/s1. The summed E-state index contributed by atoms with van der Waals surface area (Å²) in [5, 5.41) is 6.86. The van der Waals surface area contributed by atoms with E-state index in [0.717, 1.165) is 32.5 Å². The average molecular weight is 326 g/mol. The lowest BCUT2D eigenvalue weighted by atomic mass is 10.1. The van der Waals surface area contributed by atoms with Gasteiger partial charge in [0.15, 0.2) is 0 Å². The molecule has 2 aromatic rings. The van der Waals surface area contributed by atoms with Crippen molar-refractivity contribution in [1.29, 1.82) is 0 Å². The lowest BCUT2D eigenvalue weighted by molar-refractivity contribution is -0.133. The summed E-state index contributed by atoms with van der Waals surface area (Å²) in [5.41, 5.74) is 2.43. The van der Waals surface area contributed by atoms with E-state index in [1.807, 2.05) is 30.6 Å². The van der Waals surface area contributed by atoms with Gasteiger partial charge in [-0.3, -0.25) is 9.89 Å². The van der Waals surface area contributed by atoms with Crippen molar-refractivity contribution in [3.8, 4) is 0 Å². The zero-order chi connectivity index (χ0) is 16.8. The molecule has 0 spiro atoms. The average Bonchev–Trinajstić information content (AvgIpc) is 3.08. The van der Waals surface area contributed by atoms with Gasteiger partial charge in [-0.15, -0.1) is 0 Å². The monoisotopic (exact) mass is 326 g/mol. The molecule has 5 nitrogen and oxygen atoms in total. The quantitative estimate of drug-likeness (QED) is 0.887. The zero-order valence-electron chi connectivity index (χ0n) is 14.3. The minimum atomic E-state index is 0.275. The lowest BCUT2D eigenvalue weighted by Crippen LogP contribution is -2.42. The molecule has 1 amide bonds. The summed E-state index contributed by atoms with van der Waals surface area (Å²) in [7, 11) is 0. The highest BCUT2D eigenvalue weighted by Gasteiger charge is 2.28. The second-order valence-corrected chi connectivity index (χ2v) is 6.48. The van der Waals surface area contributed by atoms with Gasteiger partial charge in [0, 0.05) is 44.8 Å². The van der Waals surface area contributed by atoms with Gasteiger partial charge in [-0.05, 0) is 24.0 Å². The summed E-state index contributed by atoms with van der Waals surface area (Å²) in [6.45, 7) is 5.66. The molecule has 5 heteroatoms. The summed E-state index contributed by atoms with van der Waals surface area (Å²) in [6, 6.07) is 10.6. The van der Waals surface area contributed by atoms with Crippen LogP contribution < -0.4 is 0 Å². The number of nitrogens with zero attached hydrogens (tertiary/aromatic N) is 3. The smallest absolute Gasteiger partial charge is 0.224 e. The molecule has 1 fully saturated rings. The number of carbonyl (C=O) groups is 1. The number of aromatic amines is 1. The van der Waals surface area contributed by atoms with Crippen molar-refractivity contribution in [2.24, 2.45) is 0 Å². The third-order valence-electron chi connectivity index (χ3n) is 4.81. The Labute approximate surface area is 143 Å². The maximum Gasteiger partial charge on any atom is 0.224 e. The van der Waals surface area contributed by atoms with Gasteiger partial charge in [0.05, 0.1) is 6.20 Å². The van der Waals surface area contributed by atoms with E-state index in [4.69, 9.17) is 0 Å². The number of H-pyrrole nitrogens is 1. The van der Waals surface area contributed by atoms with Crippen LogP contribution >= 0.6 is 0 Å². The summed E-state index contributed by atoms with van der Waals surface area (Å²) < 4.78 is 0. The van der Waals surface area contributed by atoms with E-state index in [0.29, 0.717) is 13.0 Å². The highest BCUT2D eigenvalue weighted by molar-refractivity contribution is 5.77. The molecule has 24 heavy (non-hydrogen) atoms. The Morgan fingerprint density at radius 1 is 1.25 bits per heavy atom. The number of nitrogens with one attached hydrogen (secondary N) is 1. The van der Waals surface area contributed by atoms with Crippen LogP contribution in [-0.4, -0.2) is 51.6 Å². The van der Waals surface area contributed by atoms with E-state index >= 15 is 0 Å². The SMILES string of the molecule is CC[C@@H]1CN(CCc2cn[nH]c2)CCC(=O)N1Cc1ccccc1. The minimum absolute atomic E-state index is 0.275. The fraction of sp³-hybridized carbons (Fsp3) is 0.474. The van der Waals surface area contributed by atoms with Crippen molar-refractivity contribution >= 4 is 5.91 Å². The molecule has 1 aromatic heterocycles. The summed E-state index contributed by atoms with van der Waals surface area (Å²) in [6.07, 6.45) is 6.39. The van der Waals surface area contributed by atoms with E-state index < -0.39 is 0 Å². The maximum atomic E-state index is 12.7. The molecule has 1 aliphatic rings. The van der Waals surface area contributed by atoms with Crippen molar-refractivity contribution in [3.63, 3.8) is 0 Å². The van der Waals surface area contributed by atoms with Gasteiger partial charge in [0.25, 0.3) is 0 Å². The van der Waals surface area contributed by atoms with Crippen LogP contribution in [0.3, 0.4) is 0 Å². The molecule has 1 aliphatic heterocycles. The molecule has 1 aromatic carbocycles. The van der Waals surface area contributed by atoms with Gasteiger partial charge >= 0.3 is 0 Å². The normalized spacial score (nSPS) is 19.5. The molecule has 3 rings (SSSR count). The van der Waals surface area contributed by atoms with E-state index in [-0.39, 0.29) is 11.9 Å².